The molecule has 2 aromatic carbocycles. The molecule has 1 heterocycles. The number of anilines is 1. The monoisotopic (exact) mass is 405 g/mol. The predicted molar refractivity (Wildman–Crippen MR) is 99.2 cm³/mol. The highest BCUT2D eigenvalue weighted by Crippen LogP contribution is 2.25. The molecular formula is C19H20BrNO4. The number of amides is 1. The maximum Gasteiger partial charge on any atom is 0.262 e. The van der Waals surface area contributed by atoms with Crippen molar-refractivity contribution in [1.29, 1.82) is 0 Å². The van der Waals surface area contributed by atoms with Gasteiger partial charge in [0.25, 0.3) is 5.91 Å². The summed E-state index contributed by atoms with van der Waals surface area (Å²) in [4.78, 5) is 12.1. The fourth-order valence-electron chi connectivity index (χ4n) is 2.52. The molecule has 1 saturated heterocycles. The molecule has 1 unspecified atom stereocenters. The van der Waals surface area contributed by atoms with Crippen molar-refractivity contribution in [3.63, 3.8) is 0 Å². The van der Waals surface area contributed by atoms with Gasteiger partial charge in [0.05, 0.1) is 11.8 Å². The summed E-state index contributed by atoms with van der Waals surface area (Å²) >= 11 is 3.36. The first-order chi connectivity index (χ1) is 12.2. The molecule has 1 N–H and O–H groups in total. The molecular weight excluding hydrogens is 386 g/mol. The number of carbonyl (C=O) groups excluding carboxylic acids is 1. The van der Waals surface area contributed by atoms with Gasteiger partial charge in [-0.25, -0.2) is 0 Å². The van der Waals surface area contributed by atoms with Crippen LogP contribution in [-0.2, 0) is 9.53 Å². The summed E-state index contributed by atoms with van der Waals surface area (Å²) < 4.78 is 17.8. The van der Waals surface area contributed by atoms with Gasteiger partial charge in [0, 0.05) is 11.1 Å². The third-order valence-electron chi connectivity index (χ3n) is 3.79. The third-order valence-corrected chi connectivity index (χ3v) is 4.32. The SMILES string of the molecule is O=C(COc1ccc(Br)cc1)Nc1ccccc1OCC1CCCO1. The van der Waals surface area contributed by atoms with Gasteiger partial charge in [-0.2, -0.15) is 0 Å². The minimum atomic E-state index is -0.240. The molecule has 132 valence electrons. The zero-order chi connectivity index (χ0) is 17.5. The number of nitrogens with one attached hydrogen (secondary N) is 1. The van der Waals surface area contributed by atoms with Gasteiger partial charge in [-0.05, 0) is 49.2 Å². The molecule has 25 heavy (non-hydrogen) atoms. The lowest BCUT2D eigenvalue weighted by atomic mass is 10.2. The lowest BCUT2D eigenvalue weighted by Gasteiger charge is -2.15. The molecule has 1 aliphatic heterocycles. The number of rotatable bonds is 7. The average molecular weight is 406 g/mol. The Labute approximate surface area is 155 Å². The van der Waals surface area contributed by atoms with Gasteiger partial charge >= 0.3 is 0 Å². The third kappa shape index (κ3) is 5.47. The average Bonchev–Trinajstić information content (AvgIpc) is 3.14. The highest BCUT2D eigenvalue weighted by atomic mass is 79.9. The Morgan fingerprint density at radius 1 is 1.16 bits per heavy atom. The van der Waals surface area contributed by atoms with Gasteiger partial charge in [-0.15, -0.1) is 0 Å². The van der Waals surface area contributed by atoms with Crippen LogP contribution in [0.25, 0.3) is 0 Å². The Bertz CT molecular complexity index is 699. The second kappa shape index (κ2) is 8.87. The predicted octanol–water partition coefficient (Wildman–Crippen LogP) is 4.02. The molecule has 0 radical (unpaired) electrons. The van der Waals surface area contributed by atoms with E-state index in [4.69, 9.17) is 14.2 Å². The summed E-state index contributed by atoms with van der Waals surface area (Å²) in [6.07, 6.45) is 2.21. The Kier molecular flexibility index (Phi) is 6.30. The van der Waals surface area contributed by atoms with E-state index >= 15 is 0 Å². The van der Waals surface area contributed by atoms with Gasteiger partial charge in [0.15, 0.2) is 6.61 Å². The minimum Gasteiger partial charge on any atom is -0.489 e. The summed E-state index contributed by atoms with van der Waals surface area (Å²) in [5.41, 5.74) is 0.630. The number of para-hydroxylation sites is 2. The Morgan fingerprint density at radius 2 is 1.96 bits per heavy atom. The first-order valence-corrected chi connectivity index (χ1v) is 9.01. The van der Waals surface area contributed by atoms with Gasteiger partial charge < -0.3 is 19.5 Å². The lowest BCUT2D eigenvalue weighted by molar-refractivity contribution is -0.118. The number of ether oxygens (including phenoxy) is 3. The van der Waals surface area contributed by atoms with Crippen molar-refractivity contribution in [3.8, 4) is 11.5 Å². The number of carbonyl (C=O) groups is 1. The van der Waals surface area contributed by atoms with Gasteiger partial charge in [0.1, 0.15) is 18.1 Å². The Morgan fingerprint density at radius 3 is 2.72 bits per heavy atom. The fraction of sp³-hybridized carbons (Fsp3) is 0.316. The molecule has 1 amide bonds. The van der Waals surface area contributed by atoms with Crippen molar-refractivity contribution in [2.45, 2.75) is 18.9 Å². The lowest BCUT2D eigenvalue weighted by Crippen LogP contribution is -2.21. The van der Waals surface area contributed by atoms with Crippen LogP contribution < -0.4 is 14.8 Å². The van der Waals surface area contributed by atoms with Crippen molar-refractivity contribution in [1.82, 2.24) is 0 Å². The van der Waals surface area contributed by atoms with Crippen LogP contribution in [-0.4, -0.2) is 31.8 Å². The van der Waals surface area contributed by atoms with Crippen molar-refractivity contribution in [2.75, 3.05) is 25.1 Å². The van der Waals surface area contributed by atoms with E-state index in [2.05, 4.69) is 21.2 Å². The maximum absolute atomic E-state index is 12.1. The molecule has 1 fully saturated rings. The molecule has 0 bridgehead atoms. The molecule has 1 aliphatic rings. The van der Waals surface area contributed by atoms with Crippen molar-refractivity contribution < 1.29 is 19.0 Å². The molecule has 5 nitrogen and oxygen atoms in total. The zero-order valence-electron chi connectivity index (χ0n) is 13.7. The van der Waals surface area contributed by atoms with Gasteiger partial charge in [-0.1, -0.05) is 28.1 Å². The van der Waals surface area contributed by atoms with E-state index in [1.165, 1.54) is 0 Å². The summed E-state index contributed by atoms with van der Waals surface area (Å²) in [6, 6.07) is 14.7. The summed E-state index contributed by atoms with van der Waals surface area (Å²) in [6.45, 7) is 1.21. The topological polar surface area (TPSA) is 56.8 Å². The fourth-order valence-corrected chi connectivity index (χ4v) is 2.78. The molecule has 2 aromatic rings. The van der Waals surface area contributed by atoms with Crippen molar-refractivity contribution in [2.24, 2.45) is 0 Å². The smallest absolute Gasteiger partial charge is 0.262 e. The van der Waals surface area contributed by atoms with Crippen LogP contribution in [0.4, 0.5) is 5.69 Å². The van der Waals surface area contributed by atoms with E-state index in [1.54, 1.807) is 12.1 Å². The van der Waals surface area contributed by atoms with Crippen LogP contribution in [0.3, 0.4) is 0 Å². The highest BCUT2D eigenvalue weighted by Gasteiger charge is 2.17. The van der Waals surface area contributed by atoms with E-state index in [0.717, 1.165) is 23.9 Å². The van der Waals surface area contributed by atoms with Crippen LogP contribution in [0, 0.1) is 0 Å². The van der Waals surface area contributed by atoms with Crippen LogP contribution in [0.15, 0.2) is 53.0 Å². The van der Waals surface area contributed by atoms with E-state index in [0.29, 0.717) is 23.8 Å². The Balaban J connectivity index is 1.52. The molecule has 0 aliphatic carbocycles. The second-order valence-corrected chi connectivity index (χ2v) is 6.65. The maximum atomic E-state index is 12.1. The van der Waals surface area contributed by atoms with E-state index in [-0.39, 0.29) is 18.6 Å². The summed E-state index contributed by atoms with van der Waals surface area (Å²) in [5.74, 6) is 1.03. The van der Waals surface area contributed by atoms with Crippen LogP contribution in [0.5, 0.6) is 11.5 Å². The second-order valence-electron chi connectivity index (χ2n) is 5.73. The van der Waals surface area contributed by atoms with Crippen LogP contribution in [0.2, 0.25) is 0 Å². The summed E-state index contributed by atoms with van der Waals surface area (Å²) in [5, 5.41) is 2.83. The van der Waals surface area contributed by atoms with E-state index in [9.17, 15) is 4.79 Å². The zero-order valence-corrected chi connectivity index (χ0v) is 15.3. The number of benzene rings is 2. The van der Waals surface area contributed by atoms with E-state index in [1.807, 2.05) is 36.4 Å². The number of hydrogen-bond donors (Lipinski definition) is 1. The largest absolute Gasteiger partial charge is 0.489 e. The molecule has 0 saturated carbocycles. The molecule has 0 spiro atoms. The van der Waals surface area contributed by atoms with Crippen LogP contribution in [0.1, 0.15) is 12.8 Å². The first kappa shape index (κ1) is 17.8. The van der Waals surface area contributed by atoms with Gasteiger partial charge in [0.2, 0.25) is 0 Å². The van der Waals surface area contributed by atoms with Crippen LogP contribution >= 0.6 is 15.9 Å². The molecule has 6 heteroatoms. The molecule has 1 atom stereocenters. The Hall–Kier alpha value is -2.05. The standard InChI is InChI=1S/C19H20BrNO4/c20-14-7-9-15(10-8-14)24-13-19(22)21-17-5-1-2-6-18(17)25-12-16-4-3-11-23-16/h1-2,5-10,16H,3-4,11-13H2,(H,21,22). The van der Waals surface area contributed by atoms with E-state index < -0.39 is 0 Å². The van der Waals surface area contributed by atoms with Crippen molar-refractivity contribution in [3.05, 3.63) is 53.0 Å². The molecule has 3 rings (SSSR count). The van der Waals surface area contributed by atoms with Crippen molar-refractivity contribution >= 4 is 27.5 Å². The number of halogens is 1. The minimum absolute atomic E-state index is 0.0678. The number of hydrogen-bond acceptors (Lipinski definition) is 4. The summed E-state index contributed by atoms with van der Waals surface area (Å²) in [7, 11) is 0. The quantitative estimate of drug-likeness (QED) is 0.755. The molecule has 0 aromatic heterocycles. The first-order valence-electron chi connectivity index (χ1n) is 8.22. The normalized spacial score (nSPS) is 16.4. The van der Waals surface area contributed by atoms with Gasteiger partial charge in [-0.3, -0.25) is 4.79 Å². The highest BCUT2D eigenvalue weighted by molar-refractivity contribution is 9.10.